The van der Waals surface area contributed by atoms with Gasteiger partial charge in [0.1, 0.15) is 5.82 Å². The van der Waals surface area contributed by atoms with Crippen LogP contribution in [0.25, 0.3) is 0 Å². The van der Waals surface area contributed by atoms with Crippen molar-refractivity contribution < 1.29 is 0 Å². The van der Waals surface area contributed by atoms with Crippen molar-refractivity contribution in [2.45, 2.75) is 46.0 Å². The molecule has 0 spiro atoms. The molecule has 0 fully saturated rings. The molecule has 0 unspecified atom stereocenters. The van der Waals surface area contributed by atoms with Crippen LogP contribution in [-0.2, 0) is 5.41 Å². The van der Waals surface area contributed by atoms with Crippen LogP contribution in [0.15, 0.2) is 0 Å². The van der Waals surface area contributed by atoms with E-state index in [2.05, 4.69) is 57.9 Å². The quantitative estimate of drug-likeness (QED) is 0.746. The van der Waals surface area contributed by atoms with E-state index in [4.69, 9.17) is 0 Å². The summed E-state index contributed by atoms with van der Waals surface area (Å²) in [6, 6.07) is 0. The highest BCUT2D eigenvalue weighted by Crippen LogP contribution is 2.25. The van der Waals surface area contributed by atoms with Crippen molar-refractivity contribution in [2.24, 2.45) is 0 Å². The van der Waals surface area contributed by atoms with Crippen molar-refractivity contribution in [2.75, 3.05) is 23.3 Å². The van der Waals surface area contributed by atoms with Gasteiger partial charge in [-0.3, -0.25) is 0 Å². The Morgan fingerprint density at radius 2 is 2.00 bits per heavy atom. The van der Waals surface area contributed by atoms with Crippen LogP contribution in [0.5, 0.6) is 0 Å². The Hall–Kier alpha value is -0.160. The van der Waals surface area contributed by atoms with Gasteiger partial charge in [0.05, 0.1) is 0 Å². The van der Waals surface area contributed by atoms with Crippen LogP contribution < -0.4 is 4.90 Å². The average molecular weight is 320 g/mol. The summed E-state index contributed by atoms with van der Waals surface area (Å²) in [5.41, 5.74) is 0.0412. The van der Waals surface area contributed by atoms with Gasteiger partial charge < -0.3 is 4.90 Å². The highest BCUT2D eigenvalue weighted by Gasteiger charge is 2.21. The van der Waals surface area contributed by atoms with E-state index in [1.54, 1.807) is 0 Å². The summed E-state index contributed by atoms with van der Waals surface area (Å²) in [7, 11) is 0. The molecule has 0 aliphatic carbocycles. The van der Waals surface area contributed by atoms with Gasteiger partial charge in [-0.15, -0.1) is 0 Å². The van der Waals surface area contributed by atoms with Crippen LogP contribution in [0.2, 0.25) is 0 Å². The third kappa shape index (κ3) is 4.54. The molecular weight excluding hydrogens is 298 g/mol. The molecule has 17 heavy (non-hydrogen) atoms. The zero-order valence-electron chi connectivity index (χ0n) is 11.2. The van der Waals surface area contributed by atoms with Crippen LogP contribution in [0, 0.1) is 0 Å². The van der Waals surface area contributed by atoms with E-state index in [1.165, 1.54) is 24.4 Å². The number of anilines is 1. The second-order valence-electron chi connectivity index (χ2n) is 5.18. The maximum absolute atomic E-state index is 4.67. The second kappa shape index (κ2) is 6.69. The molecular formula is C12H22BrN3S. The summed E-state index contributed by atoms with van der Waals surface area (Å²) in [6.45, 7) is 10.7. The SMILES string of the molecule is CCCCN(CCBr)c1nc(C(C)(C)C)ns1. The van der Waals surface area contributed by atoms with Gasteiger partial charge in [-0.05, 0) is 6.42 Å². The zero-order valence-corrected chi connectivity index (χ0v) is 13.6. The first kappa shape index (κ1) is 14.9. The predicted molar refractivity (Wildman–Crippen MR) is 79.5 cm³/mol. The summed E-state index contributed by atoms with van der Waals surface area (Å²) in [4.78, 5) is 6.99. The Balaban J connectivity index is 2.76. The molecule has 1 aromatic rings. The molecule has 0 amide bonds. The maximum atomic E-state index is 4.67. The molecule has 0 aromatic carbocycles. The van der Waals surface area contributed by atoms with Crippen LogP contribution in [0.3, 0.4) is 0 Å². The second-order valence-corrected chi connectivity index (χ2v) is 6.70. The average Bonchev–Trinajstić information content (AvgIpc) is 2.72. The number of nitrogens with zero attached hydrogens (tertiary/aromatic N) is 3. The number of rotatable bonds is 6. The lowest BCUT2D eigenvalue weighted by Crippen LogP contribution is -2.26. The lowest BCUT2D eigenvalue weighted by Gasteiger charge is -2.20. The van der Waals surface area contributed by atoms with Crippen LogP contribution in [0.4, 0.5) is 5.13 Å². The van der Waals surface area contributed by atoms with Gasteiger partial charge in [0.2, 0.25) is 5.13 Å². The third-order valence-electron chi connectivity index (χ3n) is 2.49. The lowest BCUT2D eigenvalue weighted by molar-refractivity contribution is 0.554. The predicted octanol–water partition coefficient (Wildman–Crippen LogP) is 3.84. The summed E-state index contributed by atoms with van der Waals surface area (Å²) in [5, 5.41) is 2.03. The molecule has 3 nitrogen and oxygen atoms in total. The van der Waals surface area contributed by atoms with Gasteiger partial charge >= 0.3 is 0 Å². The Labute approximate surface area is 117 Å². The van der Waals surface area contributed by atoms with Gasteiger partial charge in [0.25, 0.3) is 0 Å². The normalized spacial score (nSPS) is 11.8. The molecule has 1 aromatic heterocycles. The Bertz CT molecular complexity index is 333. The van der Waals surface area contributed by atoms with E-state index >= 15 is 0 Å². The Morgan fingerprint density at radius 3 is 2.47 bits per heavy atom. The van der Waals surface area contributed by atoms with Gasteiger partial charge in [-0.25, -0.2) is 4.98 Å². The fraction of sp³-hybridized carbons (Fsp3) is 0.833. The van der Waals surface area contributed by atoms with Crippen LogP contribution in [0.1, 0.15) is 46.4 Å². The Morgan fingerprint density at radius 1 is 1.29 bits per heavy atom. The molecule has 0 aliphatic heterocycles. The molecule has 0 aliphatic rings. The highest BCUT2D eigenvalue weighted by molar-refractivity contribution is 9.09. The fourth-order valence-electron chi connectivity index (χ4n) is 1.40. The number of alkyl halides is 1. The topological polar surface area (TPSA) is 29.0 Å². The number of hydrogen-bond acceptors (Lipinski definition) is 4. The van der Waals surface area contributed by atoms with Crippen molar-refractivity contribution in [3.05, 3.63) is 5.82 Å². The molecule has 0 bridgehead atoms. The lowest BCUT2D eigenvalue weighted by atomic mass is 9.96. The minimum Gasteiger partial charge on any atom is -0.346 e. The smallest absolute Gasteiger partial charge is 0.205 e. The number of halogens is 1. The van der Waals surface area contributed by atoms with Gasteiger partial charge in [-0.1, -0.05) is 50.0 Å². The molecule has 0 saturated carbocycles. The van der Waals surface area contributed by atoms with Gasteiger partial charge in [0, 0.05) is 35.4 Å². The zero-order chi connectivity index (χ0) is 12.9. The summed E-state index contributed by atoms with van der Waals surface area (Å²) >= 11 is 5.02. The van der Waals surface area contributed by atoms with Gasteiger partial charge in [-0.2, -0.15) is 4.37 Å². The molecule has 0 N–H and O–H groups in total. The van der Waals surface area contributed by atoms with Crippen molar-refractivity contribution in [3.8, 4) is 0 Å². The van der Waals surface area contributed by atoms with Gasteiger partial charge in [0.15, 0.2) is 0 Å². The first-order valence-corrected chi connectivity index (χ1v) is 8.03. The molecule has 0 atom stereocenters. The Kier molecular flexibility index (Phi) is 5.86. The minimum absolute atomic E-state index is 0.0412. The van der Waals surface area contributed by atoms with E-state index in [9.17, 15) is 0 Å². The van der Waals surface area contributed by atoms with Crippen LogP contribution >= 0.6 is 27.5 Å². The van der Waals surface area contributed by atoms with E-state index in [0.717, 1.165) is 29.4 Å². The molecule has 1 rings (SSSR count). The molecule has 0 saturated heterocycles. The molecule has 1 heterocycles. The maximum Gasteiger partial charge on any atom is 0.205 e. The van der Waals surface area contributed by atoms with Crippen molar-refractivity contribution in [1.29, 1.82) is 0 Å². The van der Waals surface area contributed by atoms with E-state index in [1.807, 2.05) is 0 Å². The number of aromatic nitrogens is 2. The molecule has 0 radical (unpaired) electrons. The summed E-state index contributed by atoms with van der Waals surface area (Å²) in [5.74, 6) is 0.952. The minimum atomic E-state index is 0.0412. The largest absolute Gasteiger partial charge is 0.346 e. The monoisotopic (exact) mass is 319 g/mol. The highest BCUT2D eigenvalue weighted by atomic mass is 79.9. The third-order valence-corrected chi connectivity index (χ3v) is 3.62. The van der Waals surface area contributed by atoms with Crippen molar-refractivity contribution in [1.82, 2.24) is 9.36 Å². The summed E-state index contributed by atoms with van der Waals surface area (Å²) in [6.07, 6.45) is 2.42. The van der Waals surface area contributed by atoms with E-state index in [0.29, 0.717) is 0 Å². The van der Waals surface area contributed by atoms with Crippen LogP contribution in [-0.4, -0.2) is 27.8 Å². The number of hydrogen-bond donors (Lipinski definition) is 0. The van der Waals surface area contributed by atoms with Crippen molar-refractivity contribution in [3.63, 3.8) is 0 Å². The first-order valence-electron chi connectivity index (χ1n) is 6.14. The molecule has 5 heteroatoms. The first-order chi connectivity index (χ1) is 7.99. The number of unbranched alkanes of at least 4 members (excludes halogenated alkanes) is 1. The summed E-state index contributed by atoms with van der Waals surface area (Å²) < 4.78 is 4.47. The standard InChI is InChI=1S/C12H22BrN3S/c1-5-6-8-16(9-7-13)11-14-10(15-17-11)12(2,3)4/h5-9H2,1-4H3. The fourth-order valence-corrected chi connectivity index (χ4v) is 2.74. The van der Waals surface area contributed by atoms with E-state index < -0.39 is 0 Å². The van der Waals surface area contributed by atoms with Crippen molar-refractivity contribution >= 4 is 32.6 Å². The molecule has 98 valence electrons. The van der Waals surface area contributed by atoms with E-state index in [-0.39, 0.29) is 5.41 Å².